The van der Waals surface area contributed by atoms with Crippen LogP contribution in [0.25, 0.3) is 6.08 Å². The fourth-order valence-electron chi connectivity index (χ4n) is 2.62. The maximum absolute atomic E-state index is 12.7. The number of nitrogens with zero attached hydrogens (tertiary/aromatic N) is 2. The molecule has 33 heavy (non-hydrogen) atoms. The van der Waals surface area contributed by atoms with E-state index in [1.165, 1.54) is 30.4 Å². The second kappa shape index (κ2) is 10.6. The summed E-state index contributed by atoms with van der Waals surface area (Å²) >= 11 is 7.17. The van der Waals surface area contributed by atoms with Crippen LogP contribution in [0, 0.1) is 13.8 Å². The molecule has 3 N–H and O–H groups in total. The molecule has 0 radical (unpaired) electrons. The number of carbonyl (C=O) groups is 1. The zero-order valence-electron chi connectivity index (χ0n) is 18.1. The Morgan fingerprint density at radius 1 is 1.09 bits per heavy atom. The largest absolute Gasteiger partial charge is 0.276 e. The Morgan fingerprint density at radius 2 is 1.76 bits per heavy atom. The number of halogens is 1. The second-order valence-electron chi connectivity index (χ2n) is 7.03. The average Bonchev–Trinajstić information content (AvgIpc) is 3.14. The van der Waals surface area contributed by atoms with Gasteiger partial charge >= 0.3 is 0 Å². The van der Waals surface area contributed by atoms with E-state index in [4.69, 9.17) is 11.6 Å². The highest BCUT2D eigenvalue weighted by Crippen LogP contribution is 2.24. The summed E-state index contributed by atoms with van der Waals surface area (Å²) in [5.41, 5.74) is 7.95. The van der Waals surface area contributed by atoms with Crippen molar-refractivity contribution < 1.29 is 13.2 Å². The predicted molar refractivity (Wildman–Crippen MR) is 133 cm³/mol. The molecule has 0 aliphatic heterocycles. The number of hydrogen-bond acceptors (Lipinski definition) is 7. The van der Waals surface area contributed by atoms with E-state index in [2.05, 4.69) is 25.8 Å². The Bertz CT molecular complexity index is 1300. The number of amides is 1. The molecular weight excluding hydrogens is 482 g/mol. The van der Waals surface area contributed by atoms with Crippen molar-refractivity contribution in [1.82, 2.24) is 15.2 Å². The number of aromatic nitrogens is 1. The van der Waals surface area contributed by atoms with Gasteiger partial charge in [0.05, 0.1) is 15.5 Å². The van der Waals surface area contributed by atoms with Crippen molar-refractivity contribution in [2.24, 2.45) is 5.10 Å². The number of allylic oxidation sites excluding steroid dienone is 1. The minimum Gasteiger partial charge on any atom is -0.274 e. The summed E-state index contributed by atoms with van der Waals surface area (Å²) in [6, 6.07) is 13.6. The van der Waals surface area contributed by atoms with Crippen LogP contribution in [0.5, 0.6) is 0 Å². The van der Waals surface area contributed by atoms with Gasteiger partial charge in [0.2, 0.25) is 11.0 Å². The molecule has 0 atom stereocenters. The zero-order chi connectivity index (χ0) is 24.0. The van der Waals surface area contributed by atoms with Gasteiger partial charge in [0.1, 0.15) is 5.71 Å². The lowest BCUT2D eigenvalue weighted by atomic mass is 10.1. The number of sulfonamides is 1. The van der Waals surface area contributed by atoms with Crippen LogP contribution in [0.3, 0.4) is 0 Å². The number of aryl methyl sites for hydroxylation is 2. The van der Waals surface area contributed by atoms with Crippen LogP contribution in [-0.4, -0.2) is 25.0 Å². The van der Waals surface area contributed by atoms with E-state index in [9.17, 15) is 13.2 Å². The third-order valence-corrected chi connectivity index (χ3v) is 6.87. The van der Waals surface area contributed by atoms with Gasteiger partial charge in [-0.1, -0.05) is 58.8 Å². The van der Waals surface area contributed by atoms with Crippen LogP contribution in [0.2, 0.25) is 5.02 Å². The summed E-state index contributed by atoms with van der Waals surface area (Å²) in [5, 5.41) is 5.23. The molecular formula is C22H22ClN5O3S2. The highest BCUT2D eigenvalue weighted by Gasteiger charge is 2.16. The van der Waals surface area contributed by atoms with E-state index in [1.54, 1.807) is 43.3 Å². The van der Waals surface area contributed by atoms with Crippen molar-refractivity contribution in [2.45, 2.75) is 25.7 Å². The maximum Gasteiger partial charge on any atom is 0.276 e. The number of anilines is 1. The second-order valence-corrected chi connectivity index (χ2v) is 10.1. The Morgan fingerprint density at radius 3 is 2.39 bits per heavy atom. The molecule has 0 saturated heterocycles. The van der Waals surface area contributed by atoms with Gasteiger partial charge in [-0.25, -0.2) is 4.98 Å². The fraction of sp³-hybridized carbons (Fsp3) is 0.136. The van der Waals surface area contributed by atoms with Gasteiger partial charge in [0, 0.05) is 11.9 Å². The first-order valence-corrected chi connectivity index (χ1v) is 12.4. The molecule has 2 aromatic carbocycles. The summed E-state index contributed by atoms with van der Waals surface area (Å²) in [6.45, 7) is 5.02. The van der Waals surface area contributed by atoms with Crippen molar-refractivity contribution in [3.63, 3.8) is 0 Å². The van der Waals surface area contributed by atoms with Crippen LogP contribution in [0.4, 0.5) is 5.13 Å². The molecule has 0 spiro atoms. The zero-order valence-corrected chi connectivity index (χ0v) is 20.5. The van der Waals surface area contributed by atoms with E-state index < -0.39 is 10.0 Å². The van der Waals surface area contributed by atoms with Crippen LogP contribution >= 0.6 is 22.9 Å². The van der Waals surface area contributed by atoms with Gasteiger partial charge in [-0.2, -0.15) is 18.4 Å². The lowest BCUT2D eigenvalue weighted by Crippen LogP contribution is -2.26. The normalized spacial score (nSPS) is 12.1. The third-order valence-electron chi connectivity index (χ3n) is 4.30. The minimum atomic E-state index is -3.87. The Hall–Kier alpha value is -3.21. The minimum absolute atomic E-state index is 0.104. The van der Waals surface area contributed by atoms with E-state index in [0.29, 0.717) is 26.4 Å². The number of carbonyl (C=O) groups excluding carboxylic acids is 1. The molecule has 0 fully saturated rings. The van der Waals surface area contributed by atoms with Crippen LogP contribution in [0.1, 0.15) is 28.6 Å². The van der Waals surface area contributed by atoms with E-state index in [-0.39, 0.29) is 10.8 Å². The molecule has 0 saturated carbocycles. The van der Waals surface area contributed by atoms with E-state index in [1.807, 2.05) is 19.1 Å². The molecule has 3 rings (SSSR count). The van der Waals surface area contributed by atoms with Crippen molar-refractivity contribution in [1.29, 1.82) is 0 Å². The smallest absolute Gasteiger partial charge is 0.274 e. The monoisotopic (exact) mass is 503 g/mol. The molecule has 0 aliphatic carbocycles. The first-order chi connectivity index (χ1) is 15.6. The Kier molecular flexibility index (Phi) is 7.85. The fourth-order valence-corrected chi connectivity index (χ4v) is 4.46. The van der Waals surface area contributed by atoms with Gasteiger partial charge in [0.15, 0.2) is 0 Å². The molecule has 0 aliphatic rings. The van der Waals surface area contributed by atoms with Crippen molar-refractivity contribution in [2.75, 3.05) is 5.43 Å². The predicted octanol–water partition coefficient (Wildman–Crippen LogP) is 4.27. The quantitative estimate of drug-likeness (QED) is 0.314. The summed E-state index contributed by atoms with van der Waals surface area (Å²) in [5.74, 6) is -0.271. The molecule has 3 aromatic rings. The average molecular weight is 504 g/mol. The van der Waals surface area contributed by atoms with Gasteiger partial charge in [-0.05, 0) is 49.8 Å². The van der Waals surface area contributed by atoms with Crippen LogP contribution in [0.15, 0.2) is 64.6 Å². The molecule has 11 heteroatoms. The number of nitrogens with one attached hydrogen (secondary N) is 3. The molecule has 172 valence electrons. The standard InChI is InChI=1S/C22H22ClN5O3S2/c1-14-4-11-19(12-5-14)33(30,31)28-26-20(13-8-17-6-9-18(23)10-7-17)21-15(2)24-22(32-21)27-25-16(3)29/h4-13,28H,1-3H3,(H,24,27)(H,25,29)/b13-8?,26-20+. The molecule has 1 heterocycles. The van der Waals surface area contributed by atoms with Crippen LogP contribution < -0.4 is 15.7 Å². The lowest BCUT2D eigenvalue weighted by Gasteiger charge is -2.06. The first-order valence-electron chi connectivity index (χ1n) is 9.74. The number of hydrogen-bond donors (Lipinski definition) is 3. The highest BCUT2D eigenvalue weighted by molar-refractivity contribution is 7.89. The summed E-state index contributed by atoms with van der Waals surface area (Å²) < 4.78 is 25.5. The third kappa shape index (κ3) is 6.88. The molecule has 0 bridgehead atoms. The topological polar surface area (TPSA) is 113 Å². The lowest BCUT2D eigenvalue weighted by molar-refractivity contribution is -0.118. The number of rotatable bonds is 8. The molecule has 1 amide bonds. The number of hydrazone groups is 1. The Labute approximate surface area is 201 Å². The SMILES string of the molecule is CC(=O)NNc1nc(C)c(/C(C=Cc2ccc(Cl)cc2)=N/NS(=O)(=O)c2ccc(C)cc2)s1. The molecule has 8 nitrogen and oxygen atoms in total. The summed E-state index contributed by atoms with van der Waals surface area (Å²) in [4.78, 5) is 18.6. The van der Waals surface area contributed by atoms with Gasteiger partial charge in [0.25, 0.3) is 10.0 Å². The van der Waals surface area contributed by atoms with E-state index in [0.717, 1.165) is 11.1 Å². The number of thiazole rings is 1. The summed E-state index contributed by atoms with van der Waals surface area (Å²) in [7, 11) is -3.87. The molecule has 1 aromatic heterocycles. The van der Waals surface area contributed by atoms with E-state index >= 15 is 0 Å². The maximum atomic E-state index is 12.7. The van der Waals surface area contributed by atoms with Gasteiger partial charge in [-0.3, -0.25) is 15.6 Å². The Balaban J connectivity index is 1.95. The van der Waals surface area contributed by atoms with Crippen molar-refractivity contribution in [3.8, 4) is 0 Å². The number of hydrazine groups is 1. The van der Waals surface area contributed by atoms with Crippen LogP contribution in [-0.2, 0) is 14.8 Å². The number of benzene rings is 2. The van der Waals surface area contributed by atoms with Gasteiger partial charge in [-0.15, -0.1) is 0 Å². The highest BCUT2D eigenvalue weighted by atomic mass is 35.5. The van der Waals surface area contributed by atoms with Crippen molar-refractivity contribution in [3.05, 3.63) is 81.3 Å². The van der Waals surface area contributed by atoms with Gasteiger partial charge < -0.3 is 0 Å². The molecule has 0 unspecified atom stereocenters. The summed E-state index contributed by atoms with van der Waals surface area (Å²) in [6.07, 6.45) is 3.47. The first kappa shape index (κ1) is 24.4. The van der Waals surface area contributed by atoms with Crippen molar-refractivity contribution >= 4 is 55.8 Å².